The number of halogens is 1. The van der Waals surface area contributed by atoms with E-state index < -0.39 is 20.8 Å². The molecule has 1 unspecified atom stereocenters. The molecule has 2 atom stereocenters. The Morgan fingerprint density at radius 3 is 2.66 bits per heavy atom. The van der Waals surface area contributed by atoms with Gasteiger partial charge in [0.1, 0.15) is 11.7 Å². The Morgan fingerprint density at radius 1 is 1.19 bits per heavy atom. The summed E-state index contributed by atoms with van der Waals surface area (Å²) in [5, 5.41) is 0. The fraction of sp³-hybridized carbons (Fsp3) is 0.375. The van der Waals surface area contributed by atoms with Crippen LogP contribution < -0.4 is 10.5 Å². The number of aryl methyl sites for hydroxylation is 1. The highest BCUT2D eigenvalue weighted by atomic mass is 32.3. The molecule has 1 aliphatic heterocycles. The molecule has 1 aromatic carbocycles. The van der Waals surface area contributed by atoms with Crippen LogP contribution >= 0.6 is 10.5 Å². The normalized spacial score (nSPS) is 27.0. The van der Waals surface area contributed by atoms with Gasteiger partial charge in [-0.15, -0.1) is 0 Å². The lowest BCUT2D eigenvalue weighted by atomic mass is 9.90. The van der Waals surface area contributed by atoms with Crippen molar-refractivity contribution in [1.82, 2.24) is 14.7 Å². The van der Waals surface area contributed by atoms with Gasteiger partial charge >= 0.3 is 0 Å². The van der Waals surface area contributed by atoms with E-state index in [4.69, 9.17) is 10.7 Å². The molecule has 2 aromatic heterocycles. The van der Waals surface area contributed by atoms with Gasteiger partial charge in [0.05, 0.1) is 21.3 Å². The first-order valence-corrected chi connectivity index (χ1v) is 12.3. The molecule has 0 bridgehead atoms. The SMILES string of the molecule is CNS1(O)C[C@@](C)(c2cc(Cc3ccnc4cc(C)cnc34)ccc2F)N=C(N)C1(C)C. The van der Waals surface area contributed by atoms with Crippen molar-refractivity contribution >= 4 is 27.4 Å². The van der Waals surface area contributed by atoms with Gasteiger partial charge in [0.25, 0.3) is 0 Å². The maximum Gasteiger partial charge on any atom is 0.128 e. The number of hydrogen-bond acceptors (Lipinski definition) is 6. The number of aliphatic imine (C=N–C) groups is 1. The first-order valence-electron chi connectivity index (χ1n) is 10.6. The van der Waals surface area contributed by atoms with Crippen LogP contribution in [0.25, 0.3) is 11.0 Å². The minimum atomic E-state index is -2.37. The molecule has 0 saturated carbocycles. The molecule has 32 heavy (non-hydrogen) atoms. The summed E-state index contributed by atoms with van der Waals surface area (Å²) in [6.45, 7) is 7.55. The van der Waals surface area contributed by atoms with E-state index in [-0.39, 0.29) is 11.6 Å². The van der Waals surface area contributed by atoms with Gasteiger partial charge in [-0.25, -0.2) is 4.39 Å². The molecule has 0 spiro atoms. The summed E-state index contributed by atoms with van der Waals surface area (Å²) in [6, 6.07) is 9.03. The van der Waals surface area contributed by atoms with Crippen LogP contribution in [0.15, 0.2) is 47.7 Å². The summed E-state index contributed by atoms with van der Waals surface area (Å²) in [7, 11) is -0.659. The van der Waals surface area contributed by atoms with Crippen LogP contribution in [-0.2, 0) is 12.0 Å². The number of benzene rings is 1. The van der Waals surface area contributed by atoms with Crippen LogP contribution in [0.3, 0.4) is 0 Å². The average molecular weight is 456 g/mol. The third kappa shape index (κ3) is 3.66. The molecule has 6 nitrogen and oxygen atoms in total. The number of fused-ring (bicyclic) bond motifs is 1. The molecule has 3 heterocycles. The molecule has 1 aliphatic rings. The van der Waals surface area contributed by atoms with E-state index in [1.807, 2.05) is 52.1 Å². The van der Waals surface area contributed by atoms with E-state index in [9.17, 15) is 4.55 Å². The van der Waals surface area contributed by atoms with Crippen molar-refractivity contribution in [3.8, 4) is 0 Å². The van der Waals surface area contributed by atoms with E-state index >= 15 is 4.39 Å². The number of nitrogens with two attached hydrogens (primary N) is 1. The molecule has 4 N–H and O–H groups in total. The zero-order valence-electron chi connectivity index (χ0n) is 19.1. The summed E-state index contributed by atoms with van der Waals surface area (Å²) < 4.78 is 28.8. The Hall–Kier alpha value is -2.55. The van der Waals surface area contributed by atoms with Crippen LogP contribution in [0, 0.1) is 12.7 Å². The fourth-order valence-electron chi connectivity index (χ4n) is 4.30. The molecule has 0 radical (unpaired) electrons. The second kappa shape index (κ2) is 7.79. The Balaban J connectivity index is 1.77. The lowest BCUT2D eigenvalue weighted by Crippen LogP contribution is -2.55. The van der Waals surface area contributed by atoms with Gasteiger partial charge < -0.3 is 10.3 Å². The van der Waals surface area contributed by atoms with Crippen LogP contribution in [-0.4, -0.2) is 37.9 Å². The van der Waals surface area contributed by atoms with Crippen molar-refractivity contribution in [3.63, 3.8) is 0 Å². The van der Waals surface area contributed by atoms with E-state index in [2.05, 4.69) is 14.7 Å². The number of hydrogen-bond donors (Lipinski definition) is 3. The predicted octanol–water partition coefficient (Wildman–Crippen LogP) is 4.44. The Bertz CT molecular complexity index is 1230. The largest absolute Gasteiger partial charge is 0.386 e. The minimum Gasteiger partial charge on any atom is -0.386 e. The smallest absolute Gasteiger partial charge is 0.128 e. The van der Waals surface area contributed by atoms with E-state index in [0.717, 1.165) is 27.7 Å². The summed E-state index contributed by atoms with van der Waals surface area (Å²) in [5.74, 6) is 0.227. The summed E-state index contributed by atoms with van der Waals surface area (Å²) in [4.78, 5) is 13.7. The van der Waals surface area contributed by atoms with Gasteiger partial charge in [-0.2, -0.15) is 0 Å². The molecule has 170 valence electrons. The van der Waals surface area contributed by atoms with Crippen molar-refractivity contribution in [2.45, 2.75) is 44.4 Å². The maximum atomic E-state index is 15.1. The van der Waals surface area contributed by atoms with Gasteiger partial charge in [-0.3, -0.25) is 19.7 Å². The van der Waals surface area contributed by atoms with Gasteiger partial charge in [0.15, 0.2) is 0 Å². The molecule has 0 saturated heterocycles. The maximum absolute atomic E-state index is 15.1. The third-order valence-electron chi connectivity index (χ3n) is 6.46. The Kier molecular flexibility index (Phi) is 5.51. The lowest BCUT2D eigenvalue weighted by Gasteiger charge is -2.53. The number of rotatable bonds is 4. The minimum absolute atomic E-state index is 0.267. The van der Waals surface area contributed by atoms with E-state index in [1.165, 1.54) is 6.07 Å². The first-order chi connectivity index (χ1) is 15.0. The van der Waals surface area contributed by atoms with E-state index in [1.54, 1.807) is 19.3 Å². The lowest BCUT2D eigenvalue weighted by molar-refractivity contribution is 0.472. The van der Waals surface area contributed by atoms with Crippen LogP contribution in [0.2, 0.25) is 0 Å². The predicted molar refractivity (Wildman–Crippen MR) is 131 cm³/mol. The molecule has 3 aromatic rings. The molecule has 0 amide bonds. The second-order valence-corrected chi connectivity index (χ2v) is 12.3. The van der Waals surface area contributed by atoms with Crippen LogP contribution in [0.5, 0.6) is 0 Å². The summed E-state index contributed by atoms with van der Waals surface area (Å²) in [6.07, 6.45) is 4.18. The zero-order valence-corrected chi connectivity index (χ0v) is 19.9. The van der Waals surface area contributed by atoms with Gasteiger partial charge in [-0.1, -0.05) is 22.6 Å². The topological polar surface area (TPSA) is 96.4 Å². The van der Waals surface area contributed by atoms with E-state index in [0.29, 0.717) is 17.8 Å². The van der Waals surface area contributed by atoms with Gasteiger partial charge in [-0.05, 0) is 76.1 Å². The van der Waals surface area contributed by atoms with Crippen LogP contribution in [0.1, 0.15) is 43.0 Å². The highest BCUT2D eigenvalue weighted by molar-refractivity contribution is 8.29. The van der Waals surface area contributed by atoms with Crippen LogP contribution in [0.4, 0.5) is 4.39 Å². The van der Waals surface area contributed by atoms with Crippen molar-refractivity contribution in [1.29, 1.82) is 0 Å². The second-order valence-electron chi connectivity index (χ2n) is 9.17. The number of pyridine rings is 2. The van der Waals surface area contributed by atoms with Crippen molar-refractivity contribution in [2.75, 3.05) is 12.8 Å². The number of aromatic nitrogens is 2. The number of nitrogens with zero attached hydrogens (tertiary/aromatic N) is 3. The molecular weight excluding hydrogens is 425 g/mol. The standard InChI is InChI=1S/C24H30FN5OS/c1-15-10-20-21(29-13-15)17(8-9-28-20)11-16-6-7-19(25)18(12-16)24(4)14-32(31,27-5)23(2,3)22(26)30-24/h6-10,12-13,27,31H,11,14H2,1-5H3,(H2,26,30)/t24-/m0/s1. The molecular formula is C24H30FN5OS. The summed E-state index contributed by atoms with van der Waals surface area (Å²) in [5.41, 5.74) is 10.4. The molecule has 0 fully saturated rings. The number of nitrogens with one attached hydrogen (secondary N) is 1. The van der Waals surface area contributed by atoms with Gasteiger partial charge in [0.2, 0.25) is 0 Å². The molecule has 4 rings (SSSR count). The van der Waals surface area contributed by atoms with Crippen molar-refractivity contribution in [3.05, 3.63) is 70.8 Å². The summed E-state index contributed by atoms with van der Waals surface area (Å²) >= 11 is 0. The molecule has 0 aliphatic carbocycles. The first kappa shape index (κ1) is 22.6. The average Bonchev–Trinajstić information content (AvgIpc) is 2.73. The Morgan fingerprint density at radius 2 is 1.94 bits per heavy atom. The Labute approximate surface area is 189 Å². The highest BCUT2D eigenvalue weighted by Crippen LogP contribution is 2.59. The zero-order chi connectivity index (χ0) is 23.3. The number of amidine groups is 1. The van der Waals surface area contributed by atoms with Crippen molar-refractivity contribution < 1.29 is 8.94 Å². The van der Waals surface area contributed by atoms with Crippen molar-refractivity contribution in [2.24, 2.45) is 10.7 Å². The highest BCUT2D eigenvalue weighted by Gasteiger charge is 2.51. The third-order valence-corrected chi connectivity index (χ3v) is 10.0. The quantitative estimate of drug-likeness (QED) is 0.540. The molecule has 8 heteroatoms. The monoisotopic (exact) mass is 455 g/mol. The fourth-order valence-corrected chi connectivity index (χ4v) is 6.74. The van der Waals surface area contributed by atoms with Gasteiger partial charge in [0, 0.05) is 23.7 Å².